The average Bonchev–Trinajstić information content (AvgIpc) is 3.14. The van der Waals surface area contributed by atoms with Crippen molar-refractivity contribution in [3.05, 3.63) is 48.0 Å². The second-order valence-corrected chi connectivity index (χ2v) is 9.92. The van der Waals surface area contributed by atoms with Gasteiger partial charge in [0.2, 0.25) is 5.95 Å². The summed E-state index contributed by atoms with van der Waals surface area (Å²) in [5.41, 5.74) is 2.25. The fourth-order valence-corrected chi connectivity index (χ4v) is 5.21. The Kier molecular flexibility index (Phi) is 9.02. The summed E-state index contributed by atoms with van der Waals surface area (Å²) >= 11 is 0. The zero-order valence-electron chi connectivity index (χ0n) is 22.2. The molecule has 3 N–H and O–H groups in total. The molecule has 9 heteroatoms. The Morgan fingerprint density at radius 2 is 1.62 bits per heavy atom. The number of benzene rings is 2. The molecule has 0 unspecified atom stereocenters. The van der Waals surface area contributed by atoms with Gasteiger partial charge >= 0.3 is 0 Å². The van der Waals surface area contributed by atoms with E-state index < -0.39 is 0 Å². The third-order valence-electron chi connectivity index (χ3n) is 7.37. The second-order valence-electron chi connectivity index (χ2n) is 9.92. The second kappa shape index (κ2) is 12.4. The quantitative estimate of drug-likeness (QED) is 0.520. The van der Waals surface area contributed by atoms with Gasteiger partial charge in [0, 0.05) is 56.8 Å². The van der Waals surface area contributed by atoms with E-state index in [4.69, 9.17) is 19.4 Å². The lowest BCUT2D eigenvalue weighted by Gasteiger charge is -2.33. The molecule has 0 atom stereocenters. The lowest BCUT2D eigenvalue weighted by Crippen LogP contribution is -2.39. The summed E-state index contributed by atoms with van der Waals surface area (Å²) in [5, 5.41) is 4.76. The highest BCUT2D eigenvalue weighted by Crippen LogP contribution is 2.35. The number of likely N-dealkylation sites (N-methyl/N-ethyl adjacent to an activating group) is 1. The van der Waals surface area contributed by atoms with Gasteiger partial charge in [-0.1, -0.05) is 30.3 Å². The van der Waals surface area contributed by atoms with E-state index in [1.54, 1.807) is 14.2 Å². The minimum Gasteiger partial charge on any atom is -0.493 e. The van der Waals surface area contributed by atoms with Crippen molar-refractivity contribution in [2.75, 3.05) is 70.8 Å². The molecule has 200 valence electrons. The van der Waals surface area contributed by atoms with E-state index in [2.05, 4.69) is 57.4 Å². The van der Waals surface area contributed by atoms with E-state index in [0.717, 1.165) is 87.7 Å². The highest BCUT2D eigenvalue weighted by molar-refractivity contribution is 5.93. The number of rotatable bonds is 7. The van der Waals surface area contributed by atoms with Crippen LogP contribution in [0.1, 0.15) is 24.8 Å². The lowest BCUT2D eigenvalue weighted by molar-refractivity contribution is 0.211. The topological polar surface area (TPSA) is 97.5 Å². The zero-order valence-corrected chi connectivity index (χ0v) is 22.2. The monoisotopic (exact) mass is 508 g/mol. The van der Waals surface area contributed by atoms with Gasteiger partial charge < -0.3 is 30.1 Å². The molecule has 5 rings (SSSR count). The number of hydrogen-bond donors (Lipinski definition) is 1. The van der Waals surface area contributed by atoms with Crippen LogP contribution in [0.5, 0.6) is 11.5 Å². The average molecular weight is 509 g/mol. The number of piperidine rings is 1. The minimum absolute atomic E-state index is 0. The van der Waals surface area contributed by atoms with Gasteiger partial charge in [-0.15, -0.1) is 0 Å². The van der Waals surface area contributed by atoms with Gasteiger partial charge in [-0.25, -0.2) is 4.98 Å². The molecule has 0 aliphatic carbocycles. The summed E-state index contributed by atoms with van der Waals surface area (Å²) < 4.78 is 11.2. The Hall–Kier alpha value is -3.14. The van der Waals surface area contributed by atoms with Crippen molar-refractivity contribution in [1.82, 2.24) is 19.8 Å². The maximum Gasteiger partial charge on any atom is 0.227 e. The Balaban J connectivity index is 0.00000320. The van der Waals surface area contributed by atoms with Gasteiger partial charge in [0.05, 0.1) is 19.7 Å². The summed E-state index contributed by atoms with van der Waals surface area (Å²) in [7, 11) is 5.51. The van der Waals surface area contributed by atoms with Crippen LogP contribution in [0.25, 0.3) is 10.9 Å². The van der Waals surface area contributed by atoms with Crippen LogP contribution in [0.3, 0.4) is 0 Å². The SMILES string of the molecule is COc1cc2nc(N3CCCN(C)CC3)nc(NC3CCN(Cc4ccccc4)CC3)c2cc1OC.O. The van der Waals surface area contributed by atoms with Crippen molar-refractivity contribution in [2.24, 2.45) is 0 Å². The first-order valence-electron chi connectivity index (χ1n) is 13.0. The molecule has 0 spiro atoms. The molecule has 2 aliphatic rings. The number of ether oxygens (including phenoxy) is 2. The van der Waals surface area contributed by atoms with Crippen molar-refractivity contribution in [1.29, 1.82) is 0 Å². The molecule has 0 radical (unpaired) electrons. The molecule has 2 fully saturated rings. The van der Waals surface area contributed by atoms with Gasteiger partial charge in [-0.2, -0.15) is 4.98 Å². The molecule has 37 heavy (non-hydrogen) atoms. The van der Waals surface area contributed by atoms with Crippen LogP contribution in [0.4, 0.5) is 11.8 Å². The Morgan fingerprint density at radius 1 is 0.892 bits per heavy atom. The first kappa shape index (κ1) is 26.9. The van der Waals surface area contributed by atoms with Gasteiger partial charge in [0.1, 0.15) is 5.82 Å². The third kappa shape index (κ3) is 6.41. The summed E-state index contributed by atoms with van der Waals surface area (Å²) in [6, 6.07) is 15.1. The van der Waals surface area contributed by atoms with E-state index >= 15 is 0 Å². The number of anilines is 2. The predicted octanol–water partition coefficient (Wildman–Crippen LogP) is 3.04. The van der Waals surface area contributed by atoms with Gasteiger partial charge in [-0.05, 0) is 44.5 Å². The van der Waals surface area contributed by atoms with E-state index in [1.807, 2.05) is 12.1 Å². The maximum atomic E-state index is 5.60. The normalized spacial score (nSPS) is 17.8. The van der Waals surface area contributed by atoms with Crippen molar-refractivity contribution in [3.63, 3.8) is 0 Å². The molecule has 2 saturated heterocycles. The molecule has 0 saturated carbocycles. The molecular weight excluding hydrogens is 468 g/mol. The molecule has 0 amide bonds. The Bertz CT molecular complexity index is 1150. The largest absolute Gasteiger partial charge is 0.493 e. The Morgan fingerprint density at radius 3 is 2.35 bits per heavy atom. The van der Waals surface area contributed by atoms with Crippen LogP contribution in [0.15, 0.2) is 42.5 Å². The maximum absolute atomic E-state index is 5.60. The predicted molar refractivity (Wildman–Crippen MR) is 149 cm³/mol. The first-order chi connectivity index (χ1) is 17.6. The fourth-order valence-electron chi connectivity index (χ4n) is 5.21. The number of nitrogens with one attached hydrogen (secondary N) is 1. The number of nitrogens with zero attached hydrogens (tertiary/aromatic N) is 5. The summed E-state index contributed by atoms with van der Waals surface area (Å²) in [4.78, 5) is 17.3. The number of aromatic nitrogens is 2. The highest BCUT2D eigenvalue weighted by Gasteiger charge is 2.23. The van der Waals surface area contributed by atoms with Crippen molar-refractivity contribution < 1.29 is 14.9 Å². The smallest absolute Gasteiger partial charge is 0.227 e. The number of methoxy groups -OCH3 is 2. The van der Waals surface area contributed by atoms with Crippen molar-refractivity contribution >= 4 is 22.7 Å². The molecule has 3 aromatic rings. The molecule has 1 aromatic heterocycles. The summed E-state index contributed by atoms with van der Waals surface area (Å²) in [5.74, 6) is 3.05. The van der Waals surface area contributed by atoms with Crippen LogP contribution < -0.4 is 19.7 Å². The molecular formula is C28H40N6O3. The van der Waals surface area contributed by atoms with Crippen LogP contribution in [-0.4, -0.2) is 91.8 Å². The first-order valence-corrected chi connectivity index (χ1v) is 13.0. The van der Waals surface area contributed by atoms with Crippen molar-refractivity contribution in [3.8, 4) is 11.5 Å². The Labute approximate surface area is 219 Å². The van der Waals surface area contributed by atoms with Crippen LogP contribution >= 0.6 is 0 Å². The highest BCUT2D eigenvalue weighted by atomic mass is 16.5. The minimum atomic E-state index is 0. The third-order valence-corrected chi connectivity index (χ3v) is 7.37. The van der Waals surface area contributed by atoms with Crippen LogP contribution in [0.2, 0.25) is 0 Å². The molecule has 9 nitrogen and oxygen atoms in total. The van der Waals surface area contributed by atoms with Gasteiger partial charge in [-0.3, -0.25) is 4.90 Å². The van der Waals surface area contributed by atoms with Crippen LogP contribution in [0, 0.1) is 0 Å². The molecule has 0 bridgehead atoms. The molecule has 2 aliphatic heterocycles. The molecule has 2 aromatic carbocycles. The summed E-state index contributed by atoms with van der Waals surface area (Å²) in [6.45, 7) is 7.13. The number of fused-ring (bicyclic) bond motifs is 1. The molecule has 3 heterocycles. The zero-order chi connectivity index (χ0) is 24.9. The van der Waals surface area contributed by atoms with E-state index in [1.165, 1.54) is 5.56 Å². The standard InChI is InChI=1S/C28H38N6O2.H2O/c1-32-12-7-13-34(17-16-32)28-30-24-19-26(36-3)25(35-2)18-23(24)27(31-28)29-22-10-14-33(15-11-22)20-21-8-5-4-6-9-21;/h4-6,8-9,18-19,22H,7,10-17,20H2,1-3H3,(H,29,30,31);1H2. The summed E-state index contributed by atoms with van der Waals surface area (Å²) in [6.07, 6.45) is 3.26. The number of likely N-dealkylation sites (tertiary alicyclic amines) is 1. The van der Waals surface area contributed by atoms with Gasteiger partial charge in [0.25, 0.3) is 0 Å². The van der Waals surface area contributed by atoms with Crippen LogP contribution in [-0.2, 0) is 6.54 Å². The van der Waals surface area contributed by atoms with E-state index in [9.17, 15) is 0 Å². The lowest BCUT2D eigenvalue weighted by atomic mass is 10.0. The number of hydrogen-bond acceptors (Lipinski definition) is 8. The van der Waals surface area contributed by atoms with Gasteiger partial charge in [0.15, 0.2) is 11.5 Å². The van der Waals surface area contributed by atoms with E-state index in [-0.39, 0.29) is 5.48 Å². The van der Waals surface area contributed by atoms with Crippen molar-refractivity contribution in [2.45, 2.75) is 31.8 Å². The van der Waals surface area contributed by atoms with E-state index in [0.29, 0.717) is 17.5 Å². The fraction of sp³-hybridized carbons (Fsp3) is 0.500.